The van der Waals surface area contributed by atoms with Crippen molar-refractivity contribution in [3.63, 3.8) is 0 Å². The molecule has 1 aliphatic heterocycles. The van der Waals surface area contributed by atoms with Gasteiger partial charge in [-0.3, -0.25) is 18.9 Å². The molecule has 4 atom stereocenters. The lowest BCUT2D eigenvalue weighted by molar-refractivity contribution is -0.0461. The Morgan fingerprint density at radius 1 is 1.33 bits per heavy atom. The quantitative estimate of drug-likeness (QED) is 0.664. The smallest absolute Gasteiger partial charge is 0.354 e. The number of rotatable bonds is 8. The first-order valence-corrected chi connectivity index (χ1v) is 10.4. The van der Waals surface area contributed by atoms with Crippen LogP contribution in [0.1, 0.15) is 33.9 Å². The third-order valence-electron chi connectivity index (χ3n) is 4.39. The largest absolute Gasteiger partial charge is 0.376 e. The Morgan fingerprint density at radius 2 is 1.96 bits per heavy atom. The first kappa shape index (κ1) is 21.8. The zero-order valence-corrected chi connectivity index (χ0v) is 17.1. The van der Waals surface area contributed by atoms with Gasteiger partial charge in [0.25, 0.3) is 5.56 Å². The summed E-state index contributed by atoms with van der Waals surface area (Å²) in [5.41, 5.74) is -0.411. The lowest BCUT2D eigenvalue weighted by Gasteiger charge is -2.20. The van der Waals surface area contributed by atoms with Crippen molar-refractivity contribution in [2.45, 2.75) is 46.1 Å². The minimum atomic E-state index is -3.39. The number of H-pyrrole nitrogens is 1. The summed E-state index contributed by atoms with van der Waals surface area (Å²) < 4.78 is 36.3. The average Bonchev–Trinajstić information content (AvgIpc) is 2.91. The standard InChI is InChI=1S/C17H27N2O7P/c1-6-24-27(22,25-7-2)10-11(3)14-12(4)15(23-5)16(26-14)19-9-8-13(20)18-17(19)21/h8-10,12,14-16H,6-7H2,1-5H3,(H,18,20,21)/b11-10+/t12?,14-,15?,16-/m1/s1. The van der Waals surface area contributed by atoms with Crippen molar-refractivity contribution >= 4 is 7.60 Å². The molecule has 1 aliphatic rings. The summed E-state index contributed by atoms with van der Waals surface area (Å²) in [6.45, 7) is 7.67. The van der Waals surface area contributed by atoms with Crippen LogP contribution in [0.3, 0.4) is 0 Å². The maximum atomic E-state index is 12.8. The first-order chi connectivity index (χ1) is 12.8. The minimum Gasteiger partial charge on any atom is -0.376 e. The van der Waals surface area contributed by atoms with Crippen molar-refractivity contribution in [3.8, 4) is 0 Å². The summed E-state index contributed by atoms with van der Waals surface area (Å²) in [7, 11) is -1.86. The molecule has 2 unspecified atom stereocenters. The molecule has 0 radical (unpaired) electrons. The molecule has 152 valence electrons. The lowest BCUT2D eigenvalue weighted by atomic mass is 9.96. The van der Waals surface area contributed by atoms with E-state index in [9.17, 15) is 14.2 Å². The topological polar surface area (TPSA) is 109 Å². The second kappa shape index (κ2) is 9.12. The van der Waals surface area contributed by atoms with Crippen LogP contribution in [0.2, 0.25) is 0 Å². The maximum Gasteiger partial charge on any atom is 0.354 e. The molecule has 0 aromatic carbocycles. The number of hydrogen-bond donors (Lipinski definition) is 1. The number of methoxy groups -OCH3 is 1. The van der Waals surface area contributed by atoms with Gasteiger partial charge in [-0.25, -0.2) is 4.79 Å². The average molecular weight is 402 g/mol. The molecule has 0 bridgehead atoms. The molecule has 1 fully saturated rings. The van der Waals surface area contributed by atoms with Crippen LogP contribution in [0.25, 0.3) is 0 Å². The summed E-state index contributed by atoms with van der Waals surface area (Å²) >= 11 is 0. The molecule has 1 aromatic heterocycles. The van der Waals surface area contributed by atoms with Crippen LogP contribution < -0.4 is 11.2 Å². The van der Waals surface area contributed by atoms with Gasteiger partial charge in [0, 0.05) is 31.1 Å². The van der Waals surface area contributed by atoms with E-state index < -0.39 is 37.3 Å². The molecule has 1 aromatic rings. The van der Waals surface area contributed by atoms with Gasteiger partial charge in [0.2, 0.25) is 0 Å². The fourth-order valence-corrected chi connectivity index (χ4v) is 4.87. The van der Waals surface area contributed by atoms with Crippen LogP contribution in [-0.4, -0.2) is 42.1 Å². The highest BCUT2D eigenvalue weighted by Crippen LogP contribution is 2.52. The van der Waals surface area contributed by atoms with Crippen LogP contribution in [0.5, 0.6) is 0 Å². The Morgan fingerprint density at radius 3 is 2.48 bits per heavy atom. The fourth-order valence-electron chi connectivity index (χ4n) is 3.28. The molecular weight excluding hydrogens is 375 g/mol. The van der Waals surface area contributed by atoms with Gasteiger partial charge in [0.15, 0.2) is 6.23 Å². The SMILES string of the molecule is CCOP(=O)(/C=C(\C)[C@H]1O[C@@H](n2ccc(=O)[nH]c2=O)C(OC)C1C)OCC. The molecule has 0 amide bonds. The predicted octanol–water partition coefficient (Wildman–Crippen LogP) is 2.25. The number of hydrogen-bond acceptors (Lipinski definition) is 7. The van der Waals surface area contributed by atoms with Gasteiger partial charge in [0.1, 0.15) is 6.10 Å². The fraction of sp³-hybridized carbons (Fsp3) is 0.647. The van der Waals surface area contributed by atoms with Gasteiger partial charge in [-0.1, -0.05) is 6.92 Å². The van der Waals surface area contributed by atoms with Crippen molar-refractivity contribution in [2.75, 3.05) is 20.3 Å². The summed E-state index contributed by atoms with van der Waals surface area (Å²) in [4.78, 5) is 25.7. The van der Waals surface area contributed by atoms with Gasteiger partial charge < -0.3 is 18.5 Å². The van der Waals surface area contributed by atoms with Crippen molar-refractivity contribution in [2.24, 2.45) is 5.92 Å². The van der Waals surface area contributed by atoms with Crippen LogP contribution in [0.4, 0.5) is 0 Å². The molecule has 27 heavy (non-hydrogen) atoms. The normalized spacial score (nSPS) is 26.5. The monoisotopic (exact) mass is 402 g/mol. The minimum absolute atomic E-state index is 0.146. The zero-order valence-electron chi connectivity index (χ0n) is 16.2. The van der Waals surface area contributed by atoms with Gasteiger partial charge in [0.05, 0.1) is 19.3 Å². The summed E-state index contributed by atoms with van der Waals surface area (Å²) in [5, 5.41) is 0. The summed E-state index contributed by atoms with van der Waals surface area (Å²) in [5.74, 6) is 1.32. The number of nitrogens with zero attached hydrogens (tertiary/aromatic N) is 1. The predicted molar refractivity (Wildman–Crippen MR) is 99.8 cm³/mol. The second-order valence-corrected chi connectivity index (χ2v) is 8.13. The van der Waals surface area contributed by atoms with Crippen LogP contribution >= 0.6 is 7.60 Å². The molecule has 2 heterocycles. The van der Waals surface area contributed by atoms with E-state index in [-0.39, 0.29) is 19.1 Å². The van der Waals surface area contributed by atoms with Crippen LogP contribution in [0.15, 0.2) is 33.2 Å². The maximum absolute atomic E-state index is 12.8. The molecule has 0 aliphatic carbocycles. The molecule has 9 nitrogen and oxygen atoms in total. The number of aromatic amines is 1. The highest BCUT2D eigenvalue weighted by Gasteiger charge is 2.44. The van der Waals surface area contributed by atoms with E-state index in [0.717, 1.165) is 0 Å². The first-order valence-electron chi connectivity index (χ1n) is 8.84. The van der Waals surface area contributed by atoms with E-state index in [4.69, 9.17) is 18.5 Å². The Hall–Kier alpha value is -1.51. The molecule has 0 spiro atoms. The van der Waals surface area contributed by atoms with Gasteiger partial charge in [-0.2, -0.15) is 0 Å². The van der Waals surface area contributed by atoms with Crippen molar-refractivity contribution < 1.29 is 23.1 Å². The molecule has 0 saturated carbocycles. The Labute approximate surface area is 157 Å². The number of nitrogens with one attached hydrogen (secondary N) is 1. The molecule has 10 heteroatoms. The second-order valence-electron chi connectivity index (χ2n) is 6.27. The van der Waals surface area contributed by atoms with E-state index in [0.29, 0.717) is 5.57 Å². The number of ether oxygens (including phenoxy) is 2. The Kier molecular flexibility index (Phi) is 7.36. The molecule has 1 N–H and O–H groups in total. The van der Waals surface area contributed by atoms with Crippen molar-refractivity contribution in [3.05, 3.63) is 44.5 Å². The van der Waals surface area contributed by atoms with Gasteiger partial charge in [-0.15, -0.1) is 0 Å². The Balaban J connectivity index is 2.36. The van der Waals surface area contributed by atoms with Gasteiger partial charge >= 0.3 is 13.3 Å². The summed E-state index contributed by atoms with van der Waals surface area (Å²) in [6, 6.07) is 1.25. The van der Waals surface area contributed by atoms with E-state index in [1.807, 2.05) is 6.92 Å². The molecule has 1 saturated heterocycles. The highest BCUT2D eigenvalue weighted by atomic mass is 31.2. The molecule has 2 rings (SSSR count). The third-order valence-corrected chi connectivity index (χ3v) is 6.35. The van der Waals surface area contributed by atoms with Crippen LogP contribution in [-0.2, 0) is 23.1 Å². The van der Waals surface area contributed by atoms with Crippen molar-refractivity contribution in [1.82, 2.24) is 9.55 Å². The highest BCUT2D eigenvalue weighted by molar-refractivity contribution is 7.57. The summed E-state index contributed by atoms with van der Waals surface area (Å²) in [6.07, 6.45) is -0.271. The van der Waals surface area contributed by atoms with Gasteiger partial charge in [-0.05, 0) is 26.3 Å². The lowest BCUT2D eigenvalue weighted by Crippen LogP contribution is -2.36. The third kappa shape index (κ3) is 4.86. The number of aromatic nitrogens is 2. The zero-order chi connectivity index (χ0) is 20.2. The van der Waals surface area contributed by atoms with E-state index >= 15 is 0 Å². The Bertz CT molecular complexity index is 821. The van der Waals surface area contributed by atoms with Crippen molar-refractivity contribution in [1.29, 1.82) is 0 Å². The van der Waals surface area contributed by atoms with E-state index in [1.165, 1.54) is 29.8 Å². The van der Waals surface area contributed by atoms with E-state index in [2.05, 4.69) is 4.98 Å². The van der Waals surface area contributed by atoms with E-state index in [1.54, 1.807) is 20.8 Å². The van der Waals surface area contributed by atoms with Crippen LogP contribution in [0, 0.1) is 5.92 Å². The molecular formula is C17H27N2O7P.